The number of para-hydroxylation sites is 1. The summed E-state index contributed by atoms with van der Waals surface area (Å²) in [5.41, 5.74) is 1.12. The third-order valence-corrected chi connectivity index (χ3v) is 2.94. The van der Waals surface area contributed by atoms with Gasteiger partial charge in [0.15, 0.2) is 0 Å². The van der Waals surface area contributed by atoms with Crippen LogP contribution >= 0.6 is 0 Å². The largest absolute Gasteiger partial charge is 0.508 e. The Morgan fingerprint density at radius 2 is 1.41 bits per heavy atom. The van der Waals surface area contributed by atoms with Crippen LogP contribution in [-0.4, -0.2) is 21.1 Å². The molecule has 17 heavy (non-hydrogen) atoms. The maximum Gasteiger partial charge on any atom is 0.120 e. The van der Waals surface area contributed by atoms with Crippen LogP contribution in [0, 0.1) is 0 Å². The van der Waals surface area contributed by atoms with Gasteiger partial charge in [-0.25, -0.2) is 0 Å². The van der Waals surface area contributed by atoms with Gasteiger partial charge in [0.25, 0.3) is 0 Å². The van der Waals surface area contributed by atoms with Gasteiger partial charge in [0.2, 0.25) is 0 Å². The average Bonchev–Trinajstić information content (AvgIpc) is 2.12. The number of nitrogens with zero attached hydrogens (tertiary/aromatic N) is 1. The number of hydrogen-bond acceptors (Lipinski definition) is 2. The van der Waals surface area contributed by atoms with E-state index in [9.17, 15) is 5.11 Å². The van der Waals surface area contributed by atoms with Crippen molar-refractivity contribution in [2.24, 2.45) is 0 Å². The van der Waals surface area contributed by atoms with Crippen molar-refractivity contribution < 1.29 is 5.11 Å². The minimum Gasteiger partial charge on any atom is -0.508 e. The Morgan fingerprint density at radius 3 is 1.82 bits per heavy atom. The normalized spacial score (nSPS) is 13.1. The third-order valence-electron chi connectivity index (χ3n) is 2.94. The van der Waals surface area contributed by atoms with Gasteiger partial charge in [-0.2, -0.15) is 0 Å². The lowest BCUT2D eigenvalue weighted by Gasteiger charge is -2.45. The smallest absolute Gasteiger partial charge is 0.120 e. The van der Waals surface area contributed by atoms with Crippen LogP contribution in [0.3, 0.4) is 0 Å². The monoisotopic (exact) mass is 235 g/mol. The van der Waals surface area contributed by atoms with Gasteiger partial charge < -0.3 is 5.11 Å². The molecule has 0 atom stereocenters. The van der Waals surface area contributed by atoms with Crippen LogP contribution in [0.5, 0.6) is 5.75 Å². The molecule has 0 aromatic heterocycles. The predicted molar refractivity (Wildman–Crippen MR) is 73.2 cm³/mol. The van der Waals surface area contributed by atoms with Gasteiger partial charge >= 0.3 is 0 Å². The molecule has 1 N–H and O–H groups in total. The fourth-order valence-corrected chi connectivity index (χ4v) is 2.30. The van der Waals surface area contributed by atoms with Gasteiger partial charge in [0, 0.05) is 23.2 Å². The molecule has 0 saturated carbocycles. The number of aromatic hydroxyl groups is 1. The molecular formula is C15H25NO. The van der Waals surface area contributed by atoms with Gasteiger partial charge in [-0.15, -0.1) is 0 Å². The first-order valence-electron chi connectivity index (χ1n) is 6.17. The third kappa shape index (κ3) is 3.74. The Bertz CT molecular complexity index is 357. The van der Waals surface area contributed by atoms with Crippen molar-refractivity contribution in [1.82, 2.24) is 4.90 Å². The molecule has 0 heterocycles. The summed E-state index contributed by atoms with van der Waals surface area (Å²) in [7, 11) is 0. The summed E-state index contributed by atoms with van der Waals surface area (Å²) in [4.78, 5) is 2.40. The van der Waals surface area contributed by atoms with E-state index >= 15 is 0 Å². The Labute approximate surface area is 105 Å². The van der Waals surface area contributed by atoms with Crippen LogP contribution in [0.25, 0.3) is 0 Å². The number of phenols is 1. The molecule has 0 unspecified atom stereocenters. The second-order valence-corrected chi connectivity index (χ2v) is 6.56. The van der Waals surface area contributed by atoms with E-state index in [4.69, 9.17) is 0 Å². The molecular weight excluding hydrogens is 210 g/mol. The highest BCUT2D eigenvalue weighted by atomic mass is 16.3. The fraction of sp³-hybridized carbons (Fsp3) is 0.600. The lowest BCUT2D eigenvalue weighted by Crippen LogP contribution is -2.51. The molecule has 1 rings (SSSR count). The highest BCUT2D eigenvalue weighted by molar-refractivity contribution is 5.31. The Balaban J connectivity index is 3.00. The van der Waals surface area contributed by atoms with Gasteiger partial charge in [0.1, 0.15) is 5.75 Å². The predicted octanol–water partition coefficient (Wildman–Crippen LogP) is 3.79. The molecule has 0 bridgehead atoms. The topological polar surface area (TPSA) is 23.5 Å². The van der Waals surface area contributed by atoms with E-state index < -0.39 is 0 Å². The molecule has 0 aliphatic carbocycles. The molecule has 0 spiro atoms. The van der Waals surface area contributed by atoms with E-state index in [1.54, 1.807) is 6.07 Å². The molecule has 0 saturated heterocycles. The zero-order valence-electron chi connectivity index (χ0n) is 11.9. The maximum atomic E-state index is 9.86. The van der Waals surface area contributed by atoms with E-state index in [1.165, 1.54) is 0 Å². The zero-order chi connectivity index (χ0) is 13.3. The van der Waals surface area contributed by atoms with E-state index in [-0.39, 0.29) is 11.1 Å². The number of benzene rings is 1. The number of phenolic OH excluding ortho intramolecular Hbond substituents is 1. The first-order valence-corrected chi connectivity index (χ1v) is 6.17. The minimum atomic E-state index is 0.0700. The van der Waals surface area contributed by atoms with Crippen molar-refractivity contribution >= 4 is 0 Å². The van der Waals surface area contributed by atoms with Crippen LogP contribution in [0.15, 0.2) is 24.3 Å². The highest BCUT2D eigenvalue weighted by Crippen LogP contribution is 2.29. The van der Waals surface area contributed by atoms with Crippen molar-refractivity contribution in [3.05, 3.63) is 29.8 Å². The first-order chi connectivity index (χ1) is 7.62. The first kappa shape index (κ1) is 14.0. The summed E-state index contributed by atoms with van der Waals surface area (Å²) in [6.07, 6.45) is 0. The number of rotatable bonds is 2. The average molecular weight is 235 g/mol. The highest BCUT2D eigenvalue weighted by Gasteiger charge is 2.31. The van der Waals surface area contributed by atoms with Gasteiger partial charge in [-0.1, -0.05) is 18.2 Å². The molecule has 1 aromatic carbocycles. The Kier molecular flexibility index (Phi) is 3.88. The van der Waals surface area contributed by atoms with Crippen LogP contribution in [-0.2, 0) is 6.54 Å². The van der Waals surface area contributed by atoms with Crippen LogP contribution in [0.4, 0.5) is 0 Å². The maximum absolute atomic E-state index is 9.86. The summed E-state index contributed by atoms with van der Waals surface area (Å²) >= 11 is 0. The SMILES string of the molecule is CC(C)(C)N(Cc1ccccc1O)C(C)(C)C. The summed E-state index contributed by atoms with van der Waals surface area (Å²) in [5.74, 6) is 0.381. The second kappa shape index (κ2) is 4.69. The number of hydrogen-bond donors (Lipinski definition) is 1. The van der Waals surface area contributed by atoms with E-state index in [0.29, 0.717) is 5.75 Å². The Morgan fingerprint density at radius 1 is 0.941 bits per heavy atom. The van der Waals surface area contributed by atoms with Crippen LogP contribution in [0.2, 0.25) is 0 Å². The lowest BCUT2D eigenvalue weighted by atomic mass is 9.95. The van der Waals surface area contributed by atoms with Gasteiger partial charge in [-0.3, -0.25) is 4.90 Å². The van der Waals surface area contributed by atoms with Crippen LogP contribution < -0.4 is 0 Å². The minimum absolute atomic E-state index is 0.0700. The zero-order valence-corrected chi connectivity index (χ0v) is 11.9. The van der Waals surface area contributed by atoms with Crippen molar-refractivity contribution in [3.63, 3.8) is 0 Å². The quantitative estimate of drug-likeness (QED) is 0.843. The molecule has 2 nitrogen and oxygen atoms in total. The lowest BCUT2D eigenvalue weighted by molar-refractivity contribution is 0.0292. The van der Waals surface area contributed by atoms with Crippen LogP contribution in [0.1, 0.15) is 47.1 Å². The van der Waals surface area contributed by atoms with E-state index in [0.717, 1.165) is 12.1 Å². The summed E-state index contributed by atoms with van der Waals surface area (Å²) in [5, 5.41) is 9.86. The fourth-order valence-electron chi connectivity index (χ4n) is 2.30. The van der Waals surface area contributed by atoms with E-state index in [1.807, 2.05) is 18.2 Å². The Hall–Kier alpha value is -1.02. The summed E-state index contributed by atoms with van der Waals surface area (Å²) in [6.45, 7) is 14.0. The van der Waals surface area contributed by atoms with Crippen molar-refractivity contribution in [1.29, 1.82) is 0 Å². The summed E-state index contributed by atoms with van der Waals surface area (Å²) < 4.78 is 0. The summed E-state index contributed by atoms with van der Waals surface area (Å²) in [6, 6.07) is 7.56. The molecule has 1 aromatic rings. The van der Waals surface area contributed by atoms with Gasteiger partial charge in [-0.05, 0) is 47.6 Å². The molecule has 96 valence electrons. The van der Waals surface area contributed by atoms with Crippen molar-refractivity contribution in [3.8, 4) is 5.75 Å². The molecule has 0 aliphatic rings. The van der Waals surface area contributed by atoms with E-state index in [2.05, 4.69) is 46.4 Å². The van der Waals surface area contributed by atoms with Gasteiger partial charge in [0.05, 0.1) is 0 Å². The molecule has 2 heteroatoms. The molecule has 0 radical (unpaired) electrons. The molecule has 0 amide bonds. The standard InChI is InChI=1S/C15H25NO/c1-14(2,3)16(15(4,5)6)11-12-9-7-8-10-13(12)17/h7-10,17H,11H2,1-6H3. The van der Waals surface area contributed by atoms with Crippen molar-refractivity contribution in [2.75, 3.05) is 0 Å². The van der Waals surface area contributed by atoms with Crippen molar-refractivity contribution in [2.45, 2.75) is 59.2 Å². The molecule has 0 aliphatic heterocycles. The molecule has 0 fully saturated rings. The second-order valence-electron chi connectivity index (χ2n) is 6.56.